The van der Waals surface area contributed by atoms with Gasteiger partial charge in [0.25, 0.3) is 5.91 Å². The highest BCUT2D eigenvalue weighted by Gasteiger charge is 2.11. The number of amides is 1. The molecule has 1 heterocycles. The number of halogens is 1. The van der Waals surface area contributed by atoms with Crippen LogP contribution in [0.2, 0.25) is 0 Å². The van der Waals surface area contributed by atoms with Crippen molar-refractivity contribution in [2.24, 2.45) is 5.10 Å². The Bertz CT molecular complexity index is 1310. The molecule has 0 aliphatic rings. The van der Waals surface area contributed by atoms with Gasteiger partial charge in [0, 0.05) is 16.9 Å². The number of methoxy groups -OCH3 is 1. The fourth-order valence-corrected chi connectivity index (χ4v) is 3.99. The minimum absolute atomic E-state index is 0.00660. The second-order valence-electron chi connectivity index (χ2n) is 7.36. The molecule has 0 unspecified atom stereocenters. The van der Waals surface area contributed by atoms with Gasteiger partial charge in [-0.1, -0.05) is 30.3 Å². The lowest BCUT2D eigenvalue weighted by Crippen LogP contribution is -2.17. The standard InChI is InChI=1S/C26H22BrN3O3/c1-17-8-13-23(19-6-4-3-5-7-19)30(17)21-11-9-20(10-12-21)26(32)29-28-16-18-14-22(27)25(31)24(15-18)33-2/h3-16,31H,1-2H3,(H,29,32)/b28-16+. The number of nitrogens with one attached hydrogen (secondary N) is 1. The van der Waals surface area contributed by atoms with Crippen molar-refractivity contribution in [3.05, 3.63) is 100 Å². The van der Waals surface area contributed by atoms with E-state index in [1.165, 1.54) is 13.3 Å². The van der Waals surface area contributed by atoms with Crippen molar-refractivity contribution in [1.82, 2.24) is 9.99 Å². The molecule has 2 N–H and O–H groups in total. The van der Waals surface area contributed by atoms with Crippen molar-refractivity contribution < 1.29 is 14.6 Å². The average molecular weight is 504 g/mol. The predicted octanol–water partition coefficient (Wildman–Crippen LogP) is 5.69. The Kier molecular flexibility index (Phi) is 6.60. The van der Waals surface area contributed by atoms with E-state index in [-0.39, 0.29) is 11.7 Å². The molecule has 3 aromatic carbocycles. The van der Waals surface area contributed by atoms with Gasteiger partial charge in [0.1, 0.15) is 0 Å². The van der Waals surface area contributed by atoms with Crippen molar-refractivity contribution in [3.63, 3.8) is 0 Å². The number of phenolic OH excluding ortho intramolecular Hbond substituents is 1. The molecule has 0 aliphatic carbocycles. The first-order valence-electron chi connectivity index (χ1n) is 10.2. The number of carbonyl (C=O) groups is 1. The Morgan fingerprint density at radius 2 is 1.79 bits per heavy atom. The highest BCUT2D eigenvalue weighted by molar-refractivity contribution is 9.10. The van der Waals surface area contributed by atoms with Gasteiger partial charge in [0.15, 0.2) is 11.5 Å². The van der Waals surface area contributed by atoms with Gasteiger partial charge in [0.05, 0.1) is 23.5 Å². The molecule has 0 spiro atoms. The topological polar surface area (TPSA) is 75.8 Å². The van der Waals surface area contributed by atoms with Gasteiger partial charge < -0.3 is 14.4 Å². The summed E-state index contributed by atoms with van der Waals surface area (Å²) in [6.45, 7) is 2.05. The molecule has 7 heteroatoms. The Balaban J connectivity index is 1.50. The number of hydrazone groups is 1. The molecule has 33 heavy (non-hydrogen) atoms. The zero-order chi connectivity index (χ0) is 23.4. The fraction of sp³-hybridized carbons (Fsp3) is 0.0769. The van der Waals surface area contributed by atoms with Crippen LogP contribution in [0.1, 0.15) is 21.6 Å². The van der Waals surface area contributed by atoms with E-state index in [1.54, 1.807) is 24.3 Å². The van der Waals surface area contributed by atoms with E-state index in [4.69, 9.17) is 4.74 Å². The van der Waals surface area contributed by atoms with Crippen molar-refractivity contribution in [2.45, 2.75) is 6.92 Å². The Morgan fingerprint density at radius 3 is 2.48 bits per heavy atom. The summed E-state index contributed by atoms with van der Waals surface area (Å²) in [6.07, 6.45) is 1.48. The van der Waals surface area contributed by atoms with Crippen LogP contribution in [-0.2, 0) is 0 Å². The van der Waals surface area contributed by atoms with Crippen LogP contribution in [0, 0.1) is 6.92 Å². The van der Waals surface area contributed by atoms with Gasteiger partial charge in [-0.05, 0) is 82.5 Å². The van der Waals surface area contributed by atoms with Gasteiger partial charge in [-0.3, -0.25) is 4.79 Å². The molecule has 0 radical (unpaired) electrons. The Hall–Kier alpha value is -3.84. The van der Waals surface area contributed by atoms with Crippen LogP contribution in [0.4, 0.5) is 0 Å². The summed E-state index contributed by atoms with van der Waals surface area (Å²) in [5, 5.41) is 13.9. The van der Waals surface area contributed by atoms with E-state index in [2.05, 4.69) is 62.2 Å². The number of rotatable bonds is 6. The van der Waals surface area contributed by atoms with Crippen molar-refractivity contribution >= 4 is 28.1 Å². The molecule has 1 amide bonds. The highest BCUT2D eigenvalue weighted by Crippen LogP contribution is 2.34. The molecule has 0 saturated heterocycles. The van der Waals surface area contributed by atoms with Crippen LogP contribution in [0.15, 0.2) is 88.4 Å². The number of ether oxygens (including phenoxy) is 1. The predicted molar refractivity (Wildman–Crippen MR) is 133 cm³/mol. The third-order valence-electron chi connectivity index (χ3n) is 5.18. The molecule has 0 bridgehead atoms. The van der Waals surface area contributed by atoms with Crippen LogP contribution >= 0.6 is 15.9 Å². The number of aromatic nitrogens is 1. The molecule has 4 aromatic rings. The lowest BCUT2D eigenvalue weighted by atomic mass is 10.1. The number of aryl methyl sites for hydroxylation is 1. The van der Waals surface area contributed by atoms with Crippen LogP contribution in [0.5, 0.6) is 11.5 Å². The molecule has 1 aromatic heterocycles. The smallest absolute Gasteiger partial charge is 0.271 e. The molecular formula is C26H22BrN3O3. The maximum atomic E-state index is 12.5. The molecule has 166 valence electrons. The summed E-state index contributed by atoms with van der Waals surface area (Å²) in [6, 6.07) is 25.0. The molecule has 4 rings (SSSR count). The van der Waals surface area contributed by atoms with Gasteiger partial charge in [-0.25, -0.2) is 5.43 Å². The first-order valence-corrected chi connectivity index (χ1v) is 11.0. The number of nitrogens with zero attached hydrogens (tertiary/aromatic N) is 2. The van der Waals surface area contributed by atoms with E-state index in [0.717, 1.165) is 22.6 Å². The number of hydrogen-bond donors (Lipinski definition) is 2. The van der Waals surface area contributed by atoms with Crippen molar-refractivity contribution in [3.8, 4) is 28.4 Å². The highest BCUT2D eigenvalue weighted by atomic mass is 79.9. The van der Waals surface area contributed by atoms with E-state index in [0.29, 0.717) is 21.3 Å². The Labute approximate surface area is 200 Å². The quantitative estimate of drug-likeness (QED) is 0.262. The monoisotopic (exact) mass is 503 g/mol. The molecule has 0 fully saturated rings. The van der Waals surface area contributed by atoms with E-state index < -0.39 is 0 Å². The van der Waals surface area contributed by atoms with Crippen LogP contribution in [0.25, 0.3) is 16.9 Å². The Morgan fingerprint density at radius 1 is 1.06 bits per heavy atom. The van der Waals surface area contributed by atoms with Crippen molar-refractivity contribution in [2.75, 3.05) is 7.11 Å². The largest absolute Gasteiger partial charge is 0.503 e. The number of benzene rings is 3. The SMILES string of the molecule is COc1cc(/C=N/NC(=O)c2ccc(-n3c(C)ccc3-c3ccccc3)cc2)cc(Br)c1O. The lowest BCUT2D eigenvalue weighted by Gasteiger charge is -2.12. The summed E-state index contributed by atoms with van der Waals surface area (Å²) >= 11 is 3.26. The van der Waals surface area contributed by atoms with E-state index in [1.807, 2.05) is 30.3 Å². The summed E-state index contributed by atoms with van der Waals surface area (Å²) in [5.41, 5.74) is 7.96. The lowest BCUT2D eigenvalue weighted by molar-refractivity contribution is 0.0955. The third kappa shape index (κ3) is 4.83. The minimum Gasteiger partial charge on any atom is -0.503 e. The van der Waals surface area contributed by atoms with Crippen LogP contribution < -0.4 is 10.2 Å². The average Bonchev–Trinajstić information content (AvgIpc) is 3.23. The first kappa shape index (κ1) is 22.4. The summed E-state index contributed by atoms with van der Waals surface area (Å²) < 4.78 is 7.75. The molecule has 6 nitrogen and oxygen atoms in total. The normalized spacial score (nSPS) is 11.0. The number of hydrogen-bond acceptors (Lipinski definition) is 4. The fourth-order valence-electron chi connectivity index (χ4n) is 3.53. The summed E-state index contributed by atoms with van der Waals surface area (Å²) in [5.74, 6) is -0.00911. The number of aromatic hydroxyl groups is 1. The number of phenols is 1. The minimum atomic E-state index is -0.324. The number of carbonyl (C=O) groups excluding carboxylic acids is 1. The zero-order valence-electron chi connectivity index (χ0n) is 18.1. The van der Waals surface area contributed by atoms with Crippen LogP contribution in [-0.4, -0.2) is 28.9 Å². The molecular weight excluding hydrogens is 482 g/mol. The maximum Gasteiger partial charge on any atom is 0.271 e. The second-order valence-corrected chi connectivity index (χ2v) is 8.22. The van der Waals surface area contributed by atoms with Gasteiger partial charge in [-0.2, -0.15) is 5.10 Å². The van der Waals surface area contributed by atoms with E-state index in [9.17, 15) is 9.90 Å². The van der Waals surface area contributed by atoms with E-state index >= 15 is 0 Å². The van der Waals surface area contributed by atoms with Gasteiger partial charge in [0.2, 0.25) is 0 Å². The van der Waals surface area contributed by atoms with Gasteiger partial charge in [-0.15, -0.1) is 0 Å². The molecule has 0 saturated carbocycles. The summed E-state index contributed by atoms with van der Waals surface area (Å²) in [4.78, 5) is 12.5. The van der Waals surface area contributed by atoms with Crippen LogP contribution in [0.3, 0.4) is 0 Å². The van der Waals surface area contributed by atoms with Crippen molar-refractivity contribution in [1.29, 1.82) is 0 Å². The molecule has 0 atom stereocenters. The van der Waals surface area contributed by atoms with Gasteiger partial charge >= 0.3 is 0 Å². The summed E-state index contributed by atoms with van der Waals surface area (Å²) in [7, 11) is 1.46. The maximum absolute atomic E-state index is 12.5. The second kappa shape index (κ2) is 9.75. The third-order valence-corrected chi connectivity index (χ3v) is 5.79. The first-order chi connectivity index (χ1) is 16.0. The molecule has 0 aliphatic heterocycles. The zero-order valence-corrected chi connectivity index (χ0v) is 19.7.